The first-order valence-electron chi connectivity index (χ1n) is 5.25. The van der Waals surface area contributed by atoms with Crippen LogP contribution in [0.25, 0.3) is 0 Å². The molecule has 2 N–H and O–H groups in total. The van der Waals surface area contributed by atoms with Gasteiger partial charge in [0, 0.05) is 10.7 Å². The molecule has 6 nitrogen and oxygen atoms in total. The molecule has 7 heteroatoms. The summed E-state index contributed by atoms with van der Waals surface area (Å²) in [4.78, 5) is 18.7. The number of aromatic carboxylic acids is 1. The Labute approximate surface area is 117 Å². The number of rotatable bonds is 4. The van der Waals surface area contributed by atoms with E-state index in [9.17, 15) is 4.79 Å². The van der Waals surface area contributed by atoms with E-state index in [2.05, 4.69) is 31.2 Å². The van der Waals surface area contributed by atoms with E-state index in [-0.39, 0.29) is 11.4 Å². The molecule has 0 saturated heterocycles. The number of halogens is 1. The van der Waals surface area contributed by atoms with Crippen molar-refractivity contribution in [2.45, 2.75) is 0 Å². The van der Waals surface area contributed by atoms with Crippen molar-refractivity contribution >= 4 is 33.4 Å². The van der Waals surface area contributed by atoms with Gasteiger partial charge in [-0.2, -0.15) is 0 Å². The van der Waals surface area contributed by atoms with Crippen molar-refractivity contribution in [2.24, 2.45) is 0 Å². The van der Waals surface area contributed by atoms with Gasteiger partial charge in [-0.05, 0) is 18.2 Å². The number of aromatic nitrogens is 2. The zero-order chi connectivity index (χ0) is 13.8. The van der Waals surface area contributed by atoms with Crippen LogP contribution in [-0.4, -0.2) is 28.2 Å². The number of carbonyl (C=O) groups is 1. The maximum absolute atomic E-state index is 11.1. The minimum Gasteiger partial charge on any atom is -0.495 e. The van der Waals surface area contributed by atoms with Gasteiger partial charge in [-0.25, -0.2) is 14.8 Å². The van der Waals surface area contributed by atoms with Gasteiger partial charge < -0.3 is 15.2 Å². The first-order valence-corrected chi connectivity index (χ1v) is 6.05. The number of hydrogen-bond acceptors (Lipinski definition) is 5. The van der Waals surface area contributed by atoms with Crippen LogP contribution in [0.1, 0.15) is 10.4 Å². The molecule has 2 rings (SSSR count). The van der Waals surface area contributed by atoms with Crippen molar-refractivity contribution in [1.29, 1.82) is 0 Å². The lowest BCUT2D eigenvalue weighted by atomic mass is 10.2. The number of nitrogens with zero attached hydrogens (tertiary/aromatic N) is 2. The number of ether oxygens (including phenoxy) is 1. The van der Waals surface area contributed by atoms with E-state index in [4.69, 9.17) is 9.84 Å². The van der Waals surface area contributed by atoms with Crippen LogP contribution in [-0.2, 0) is 0 Å². The van der Waals surface area contributed by atoms with E-state index in [0.29, 0.717) is 11.4 Å². The molecule has 0 aliphatic rings. The Morgan fingerprint density at radius 3 is 2.95 bits per heavy atom. The maximum atomic E-state index is 11.1. The molecule has 0 aliphatic carbocycles. The highest BCUT2D eigenvalue weighted by Gasteiger charge is 2.13. The van der Waals surface area contributed by atoms with Gasteiger partial charge in [0.25, 0.3) is 0 Å². The predicted molar refractivity (Wildman–Crippen MR) is 73.0 cm³/mol. The Kier molecular flexibility index (Phi) is 3.96. The summed E-state index contributed by atoms with van der Waals surface area (Å²) in [6.45, 7) is 0. The van der Waals surface area contributed by atoms with Gasteiger partial charge >= 0.3 is 5.97 Å². The monoisotopic (exact) mass is 323 g/mol. The van der Waals surface area contributed by atoms with Gasteiger partial charge in [0.05, 0.1) is 12.8 Å². The zero-order valence-corrected chi connectivity index (χ0v) is 11.5. The molecule has 0 bridgehead atoms. The minimum absolute atomic E-state index is 0.00970. The van der Waals surface area contributed by atoms with Gasteiger partial charge in [-0.3, -0.25) is 0 Å². The van der Waals surface area contributed by atoms with Crippen molar-refractivity contribution in [1.82, 2.24) is 9.97 Å². The second-order valence-electron chi connectivity index (χ2n) is 3.56. The topological polar surface area (TPSA) is 84.3 Å². The normalized spacial score (nSPS) is 10.0. The Morgan fingerprint density at radius 1 is 1.47 bits per heavy atom. The number of carboxylic acids is 1. The Hall–Kier alpha value is -2.15. The molecule has 2 aromatic rings. The van der Waals surface area contributed by atoms with Gasteiger partial charge in [0.1, 0.15) is 23.5 Å². The van der Waals surface area contributed by atoms with E-state index < -0.39 is 5.97 Å². The summed E-state index contributed by atoms with van der Waals surface area (Å²) < 4.78 is 6.03. The quantitative estimate of drug-likeness (QED) is 0.899. The van der Waals surface area contributed by atoms with Crippen LogP contribution in [0.5, 0.6) is 5.75 Å². The first-order chi connectivity index (χ1) is 9.11. The summed E-state index contributed by atoms with van der Waals surface area (Å²) in [5, 5.41) is 12.0. The largest absolute Gasteiger partial charge is 0.495 e. The highest BCUT2D eigenvalue weighted by atomic mass is 79.9. The van der Waals surface area contributed by atoms with E-state index in [1.807, 2.05) is 6.07 Å². The van der Waals surface area contributed by atoms with Gasteiger partial charge in [-0.1, -0.05) is 15.9 Å². The van der Waals surface area contributed by atoms with E-state index >= 15 is 0 Å². The fraction of sp³-hybridized carbons (Fsp3) is 0.0833. The van der Waals surface area contributed by atoms with Crippen molar-refractivity contribution in [3.8, 4) is 5.75 Å². The molecule has 1 heterocycles. The lowest BCUT2D eigenvalue weighted by Crippen LogP contribution is -2.06. The number of anilines is 2. The number of nitrogens with one attached hydrogen (secondary N) is 1. The highest BCUT2D eigenvalue weighted by molar-refractivity contribution is 9.10. The van der Waals surface area contributed by atoms with E-state index in [1.54, 1.807) is 12.1 Å². The molecule has 19 heavy (non-hydrogen) atoms. The maximum Gasteiger partial charge on any atom is 0.341 e. The lowest BCUT2D eigenvalue weighted by Gasteiger charge is -2.12. The molecule has 1 aromatic carbocycles. The summed E-state index contributed by atoms with van der Waals surface area (Å²) in [6.07, 6.45) is 2.52. The smallest absolute Gasteiger partial charge is 0.341 e. The van der Waals surface area contributed by atoms with Crippen LogP contribution in [0.3, 0.4) is 0 Å². The zero-order valence-electron chi connectivity index (χ0n) is 9.92. The lowest BCUT2D eigenvalue weighted by molar-refractivity contribution is 0.0697. The highest BCUT2D eigenvalue weighted by Crippen LogP contribution is 2.30. The molecule has 0 atom stereocenters. The van der Waals surface area contributed by atoms with Crippen LogP contribution in [0.15, 0.2) is 35.2 Å². The second-order valence-corrected chi connectivity index (χ2v) is 4.48. The molecule has 0 radical (unpaired) electrons. The number of hydrogen-bond donors (Lipinski definition) is 2. The fourth-order valence-corrected chi connectivity index (χ4v) is 1.85. The fourth-order valence-electron chi connectivity index (χ4n) is 1.49. The Morgan fingerprint density at radius 2 is 2.26 bits per heavy atom. The molecule has 0 amide bonds. The molecule has 1 aromatic heterocycles. The SMILES string of the molecule is COc1ccc(Br)cc1Nc1ncncc1C(=O)O. The van der Waals surface area contributed by atoms with Crippen molar-refractivity contribution in [3.63, 3.8) is 0 Å². The Bertz CT molecular complexity index is 619. The average molecular weight is 324 g/mol. The summed E-state index contributed by atoms with van der Waals surface area (Å²) in [5.74, 6) is -0.311. The summed E-state index contributed by atoms with van der Waals surface area (Å²) >= 11 is 3.34. The van der Waals surface area contributed by atoms with E-state index in [1.165, 1.54) is 19.6 Å². The van der Waals surface area contributed by atoms with Crippen LogP contribution in [0, 0.1) is 0 Å². The predicted octanol–water partition coefficient (Wildman–Crippen LogP) is 2.69. The number of methoxy groups -OCH3 is 1. The summed E-state index contributed by atoms with van der Waals surface area (Å²) in [7, 11) is 1.53. The minimum atomic E-state index is -1.10. The summed E-state index contributed by atoms with van der Waals surface area (Å²) in [6, 6.07) is 5.35. The molecule has 0 aliphatic heterocycles. The second kappa shape index (κ2) is 5.66. The molecule has 0 saturated carbocycles. The summed E-state index contributed by atoms with van der Waals surface area (Å²) in [5.41, 5.74) is 0.600. The molecular formula is C12H10BrN3O3. The molecule has 98 valence electrons. The number of benzene rings is 1. The van der Waals surface area contributed by atoms with Crippen molar-refractivity contribution in [2.75, 3.05) is 12.4 Å². The third kappa shape index (κ3) is 3.00. The molecule has 0 fully saturated rings. The van der Waals surface area contributed by atoms with Gasteiger partial charge in [0.2, 0.25) is 0 Å². The van der Waals surface area contributed by atoms with E-state index in [0.717, 1.165) is 4.47 Å². The third-order valence-corrected chi connectivity index (χ3v) is 2.85. The third-order valence-electron chi connectivity index (χ3n) is 2.36. The van der Waals surface area contributed by atoms with Crippen molar-refractivity contribution < 1.29 is 14.6 Å². The molecular weight excluding hydrogens is 314 g/mol. The van der Waals surface area contributed by atoms with Crippen molar-refractivity contribution in [3.05, 3.63) is 40.8 Å². The number of carboxylic acid groups (broad SMARTS) is 1. The van der Waals surface area contributed by atoms with Crippen LogP contribution >= 0.6 is 15.9 Å². The molecule has 0 unspecified atom stereocenters. The molecule has 0 spiro atoms. The van der Waals surface area contributed by atoms with Crippen LogP contribution in [0.4, 0.5) is 11.5 Å². The Balaban J connectivity index is 2.41. The van der Waals surface area contributed by atoms with Gasteiger partial charge in [0.15, 0.2) is 0 Å². The van der Waals surface area contributed by atoms with Crippen LogP contribution in [0.2, 0.25) is 0 Å². The van der Waals surface area contributed by atoms with Gasteiger partial charge in [-0.15, -0.1) is 0 Å². The first kappa shape index (κ1) is 13.3. The average Bonchev–Trinajstić information content (AvgIpc) is 2.39. The standard InChI is InChI=1S/C12H10BrN3O3/c1-19-10-3-2-7(13)4-9(10)16-11-8(12(17)18)5-14-6-15-11/h2-6H,1H3,(H,17,18)(H,14,15,16). The van der Waals surface area contributed by atoms with Crippen LogP contribution < -0.4 is 10.1 Å².